The van der Waals surface area contributed by atoms with Gasteiger partial charge in [0, 0.05) is 18.5 Å². The lowest BCUT2D eigenvalue weighted by Crippen LogP contribution is -2.40. The summed E-state index contributed by atoms with van der Waals surface area (Å²) in [5, 5.41) is 3.12. The van der Waals surface area contributed by atoms with Crippen molar-refractivity contribution in [2.75, 3.05) is 6.54 Å². The van der Waals surface area contributed by atoms with Crippen LogP contribution >= 0.6 is 12.4 Å². The normalized spacial score (nSPS) is 20.1. The Morgan fingerprint density at radius 1 is 1.25 bits per heavy atom. The molecule has 0 saturated heterocycles. The third kappa shape index (κ3) is 5.71. The fourth-order valence-electron chi connectivity index (χ4n) is 2.05. The van der Waals surface area contributed by atoms with Crippen LogP contribution in [0.3, 0.4) is 0 Å². The van der Waals surface area contributed by atoms with E-state index in [1.165, 1.54) is 32.1 Å². The average Bonchev–Trinajstić information content (AvgIpc) is 2.20. The fourth-order valence-corrected chi connectivity index (χ4v) is 2.05. The zero-order chi connectivity index (χ0) is 11.1. The molecule has 0 aliphatic heterocycles. The fraction of sp³-hybridized carbons (Fsp3) is 0.917. The van der Waals surface area contributed by atoms with E-state index in [1.807, 2.05) is 6.92 Å². The summed E-state index contributed by atoms with van der Waals surface area (Å²) >= 11 is 0. The Morgan fingerprint density at radius 3 is 2.25 bits per heavy atom. The molecule has 3 N–H and O–H groups in total. The summed E-state index contributed by atoms with van der Waals surface area (Å²) < 4.78 is 0. The van der Waals surface area contributed by atoms with Crippen LogP contribution in [0.2, 0.25) is 0 Å². The highest BCUT2D eigenvalue weighted by Crippen LogP contribution is 2.17. The molecule has 1 aliphatic rings. The molecule has 1 amide bonds. The molecular weight excluding hydrogens is 224 g/mol. The third-order valence-electron chi connectivity index (χ3n) is 3.25. The van der Waals surface area contributed by atoms with Crippen molar-refractivity contribution < 1.29 is 4.79 Å². The van der Waals surface area contributed by atoms with Crippen LogP contribution in [-0.4, -0.2) is 18.5 Å². The van der Waals surface area contributed by atoms with Crippen LogP contribution in [0.4, 0.5) is 0 Å². The summed E-state index contributed by atoms with van der Waals surface area (Å²) in [5.41, 5.74) is 5.47. The lowest BCUT2D eigenvalue weighted by atomic mass is 9.96. The second-order valence-electron chi connectivity index (χ2n) is 4.69. The molecule has 0 spiro atoms. The summed E-state index contributed by atoms with van der Waals surface area (Å²) in [7, 11) is 0. The molecule has 0 aromatic carbocycles. The maximum absolute atomic E-state index is 11.6. The Hall–Kier alpha value is -0.280. The van der Waals surface area contributed by atoms with Crippen molar-refractivity contribution in [2.45, 2.75) is 57.9 Å². The van der Waals surface area contributed by atoms with Gasteiger partial charge in [0.05, 0.1) is 0 Å². The highest BCUT2D eigenvalue weighted by Gasteiger charge is 2.17. The van der Waals surface area contributed by atoms with E-state index in [0.717, 1.165) is 12.8 Å². The molecule has 1 unspecified atom stereocenters. The van der Waals surface area contributed by atoms with Crippen molar-refractivity contribution in [3.05, 3.63) is 0 Å². The predicted octanol–water partition coefficient (Wildman–Crippen LogP) is 2.23. The van der Waals surface area contributed by atoms with E-state index >= 15 is 0 Å². The van der Waals surface area contributed by atoms with Gasteiger partial charge >= 0.3 is 0 Å². The Kier molecular flexibility index (Phi) is 8.67. The van der Waals surface area contributed by atoms with Gasteiger partial charge in [0.2, 0.25) is 5.91 Å². The molecular formula is C12H25ClN2O. The van der Waals surface area contributed by atoms with Crippen molar-refractivity contribution >= 4 is 18.3 Å². The van der Waals surface area contributed by atoms with Gasteiger partial charge in [-0.15, -0.1) is 12.4 Å². The smallest absolute Gasteiger partial charge is 0.224 e. The van der Waals surface area contributed by atoms with Gasteiger partial charge in [-0.2, -0.15) is 0 Å². The topological polar surface area (TPSA) is 55.1 Å². The number of nitrogens with two attached hydrogens (primary N) is 1. The Labute approximate surface area is 105 Å². The highest BCUT2D eigenvalue weighted by atomic mass is 35.5. The minimum Gasteiger partial charge on any atom is -0.353 e. The molecule has 1 aliphatic carbocycles. The largest absolute Gasteiger partial charge is 0.353 e. The van der Waals surface area contributed by atoms with Crippen LogP contribution in [0.25, 0.3) is 0 Å². The number of halogens is 1. The minimum absolute atomic E-state index is 0. The van der Waals surface area contributed by atoms with E-state index < -0.39 is 0 Å². The SMILES string of the molecule is CC(CN)C(=O)NC1CCCCCCC1.Cl. The highest BCUT2D eigenvalue weighted by molar-refractivity contribution is 5.85. The van der Waals surface area contributed by atoms with Crippen LogP contribution in [0.5, 0.6) is 0 Å². The lowest BCUT2D eigenvalue weighted by Gasteiger charge is -2.22. The van der Waals surface area contributed by atoms with E-state index in [2.05, 4.69) is 5.32 Å². The maximum Gasteiger partial charge on any atom is 0.224 e. The average molecular weight is 249 g/mol. The van der Waals surface area contributed by atoms with Gasteiger partial charge < -0.3 is 11.1 Å². The first-order valence-electron chi connectivity index (χ1n) is 6.24. The van der Waals surface area contributed by atoms with Gasteiger partial charge in [0.1, 0.15) is 0 Å². The summed E-state index contributed by atoms with van der Waals surface area (Å²) in [6.45, 7) is 2.33. The van der Waals surface area contributed by atoms with Crippen molar-refractivity contribution in [3.63, 3.8) is 0 Å². The first-order chi connectivity index (χ1) is 7.24. The quantitative estimate of drug-likeness (QED) is 0.805. The molecule has 3 nitrogen and oxygen atoms in total. The van der Waals surface area contributed by atoms with E-state index in [1.54, 1.807) is 0 Å². The molecule has 0 aromatic rings. The minimum atomic E-state index is -0.0459. The molecule has 96 valence electrons. The number of nitrogens with one attached hydrogen (secondary N) is 1. The first-order valence-corrected chi connectivity index (χ1v) is 6.24. The standard InChI is InChI=1S/C12H24N2O.ClH/c1-10(9-13)12(15)14-11-7-5-3-2-4-6-8-11;/h10-11H,2-9,13H2,1H3,(H,14,15);1H. The molecule has 16 heavy (non-hydrogen) atoms. The van der Waals surface area contributed by atoms with Gasteiger partial charge in [0.25, 0.3) is 0 Å². The Balaban J connectivity index is 0.00000225. The van der Waals surface area contributed by atoms with Gasteiger partial charge in [-0.1, -0.05) is 39.0 Å². The Bertz CT molecular complexity index is 191. The van der Waals surface area contributed by atoms with Crippen LogP contribution < -0.4 is 11.1 Å². The molecule has 0 aromatic heterocycles. The van der Waals surface area contributed by atoms with Gasteiger partial charge in [-0.25, -0.2) is 0 Å². The van der Waals surface area contributed by atoms with E-state index in [0.29, 0.717) is 12.6 Å². The molecule has 1 rings (SSSR count). The summed E-state index contributed by atoms with van der Waals surface area (Å²) in [4.78, 5) is 11.6. The molecule has 0 bridgehead atoms. The van der Waals surface area contributed by atoms with E-state index in [4.69, 9.17) is 5.73 Å². The summed E-state index contributed by atoms with van der Waals surface area (Å²) in [5.74, 6) is 0.0820. The van der Waals surface area contributed by atoms with Crippen LogP contribution in [0.1, 0.15) is 51.9 Å². The van der Waals surface area contributed by atoms with E-state index in [-0.39, 0.29) is 24.2 Å². The molecule has 1 fully saturated rings. The second kappa shape index (κ2) is 8.82. The van der Waals surface area contributed by atoms with Crippen molar-refractivity contribution in [3.8, 4) is 0 Å². The van der Waals surface area contributed by atoms with Crippen molar-refractivity contribution in [1.29, 1.82) is 0 Å². The van der Waals surface area contributed by atoms with Crippen LogP contribution in [0.15, 0.2) is 0 Å². The summed E-state index contributed by atoms with van der Waals surface area (Å²) in [6, 6.07) is 0.395. The molecule has 1 saturated carbocycles. The number of carbonyl (C=O) groups excluding carboxylic acids is 1. The third-order valence-corrected chi connectivity index (χ3v) is 3.25. The number of hydrogen-bond donors (Lipinski definition) is 2. The second-order valence-corrected chi connectivity index (χ2v) is 4.69. The zero-order valence-electron chi connectivity index (χ0n) is 10.2. The van der Waals surface area contributed by atoms with Crippen LogP contribution in [0, 0.1) is 5.92 Å². The van der Waals surface area contributed by atoms with Crippen LogP contribution in [-0.2, 0) is 4.79 Å². The molecule has 0 radical (unpaired) electrons. The predicted molar refractivity (Wildman–Crippen MR) is 69.7 cm³/mol. The van der Waals surface area contributed by atoms with Gasteiger partial charge in [-0.3, -0.25) is 4.79 Å². The molecule has 1 atom stereocenters. The van der Waals surface area contributed by atoms with Gasteiger partial charge in [-0.05, 0) is 12.8 Å². The lowest BCUT2D eigenvalue weighted by molar-refractivity contribution is -0.125. The molecule has 0 heterocycles. The number of rotatable bonds is 3. The Morgan fingerprint density at radius 2 is 1.75 bits per heavy atom. The number of carbonyl (C=O) groups is 1. The first kappa shape index (κ1) is 15.7. The van der Waals surface area contributed by atoms with Crippen molar-refractivity contribution in [1.82, 2.24) is 5.32 Å². The van der Waals surface area contributed by atoms with E-state index in [9.17, 15) is 4.79 Å². The monoisotopic (exact) mass is 248 g/mol. The molecule has 4 heteroatoms. The summed E-state index contributed by atoms with van der Waals surface area (Å²) in [6.07, 6.45) is 8.79. The number of hydrogen-bond acceptors (Lipinski definition) is 2. The zero-order valence-corrected chi connectivity index (χ0v) is 11.0. The van der Waals surface area contributed by atoms with Gasteiger partial charge in [0.15, 0.2) is 0 Å². The van der Waals surface area contributed by atoms with Crippen molar-refractivity contribution in [2.24, 2.45) is 11.7 Å². The maximum atomic E-state index is 11.6. The number of amides is 1.